The minimum absolute atomic E-state index is 0.0460. The molecular formula is C25H23ClN4O3S. The number of aromatic nitrogens is 4. The third-order valence-electron chi connectivity index (χ3n) is 5.80. The standard InChI is InChI=1S/C25H23ClN4O3S/c1-2-34(31,32)19-6-3-5-17(13-19)20-7-8-22(33-12-4-10-30-11-9-27-16-30)24-23(20)21-14-18(26)15-28-25(21)29-24/h3,5-9,11,13-16H,2,4,10,12H2,1H3,(H,28,29). The fourth-order valence-electron chi connectivity index (χ4n) is 4.07. The molecule has 9 heteroatoms. The lowest BCUT2D eigenvalue weighted by Crippen LogP contribution is -2.04. The molecule has 0 saturated carbocycles. The van der Waals surface area contributed by atoms with Gasteiger partial charge in [-0.15, -0.1) is 0 Å². The van der Waals surface area contributed by atoms with Crippen molar-refractivity contribution in [3.63, 3.8) is 0 Å². The molecule has 1 N–H and O–H groups in total. The highest BCUT2D eigenvalue weighted by Gasteiger charge is 2.18. The van der Waals surface area contributed by atoms with Crippen LogP contribution >= 0.6 is 11.6 Å². The fraction of sp³-hybridized carbons (Fsp3) is 0.200. The fourth-order valence-corrected chi connectivity index (χ4v) is 5.15. The van der Waals surface area contributed by atoms with Gasteiger partial charge >= 0.3 is 0 Å². The molecule has 5 rings (SSSR count). The number of halogens is 1. The number of nitrogens with one attached hydrogen (secondary N) is 1. The van der Waals surface area contributed by atoms with Gasteiger partial charge in [0.15, 0.2) is 9.84 Å². The normalized spacial score (nSPS) is 11.9. The van der Waals surface area contributed by atoms with E-state index >= 15 is 0 Å². The van der Waals surface area contributed by atoms with Crippen molar-refractivity contribution in [1.29, 1.82) is 0 Å². The minimum atomic E-state index is -3.33. The van der Waals surface area contributed by atoms with Gasteiger partial charge in [0.1, 0.15) is 11.4 Å². The molecule has 0 aliphatic heterocycles. The lowest BCUT2D eigenvalue weighted by Gasteiger charge is -2.12. The number of aryl methyl sites for hydroxylation is 1. The lowest BCUT2D eigenvalue weighted by molar-refractivity contribution is 0.304. The van der Waals surface area contributed by atoms with E-state index in [4.69, 9.17) is 16.3 Å². The van der Waals surface area contributed by atoms with Gasteiger partial charge in [0.2, 0.25) is 0 Å². The zero-order valence-corrected chi connectivity index (χ0v) is 20.1. The average molecular weight is 495 g/mol. The second-order valence-electron chi connectivity index (χ2n) is 7.97. The van der Waals surface area contributed by atoms with Crippen LogP contribution < -0.4 is 4.74 Å². The molecule has 0 bridgehead atoms. The number of imidazole rings is 1. The van der Waals surface area contributed by atoms with E-state index in [1.807, 2.05) is 35.0 Å². The van der Waals surface area contributed by atoms with Crippen LogP contribution in [0, 0.1) is 0 Å². The maximum absolute atomic E-state index is 12.5. The number of rotatable bonds is 8. The van der Waals surface area contributed by atoms with Crippen LogP contribution in [-0.2, 0) is 16.4 Å². The molecule has 3 aromatic heterocycles. The summed E-state index contributed by atoms with van der Waals surface area (Å²) in [6.45, 7) is 2.98. The second kappa shape index (κ2) is 9.12. The number of benzene rings is 2. The number of sulfone groups is 1. The first-order valence-corrected chi connectivity index (χ1v) is 13.0. The van der Waals surface area contributed by atoms with Crippen molar-refractivity contribution in [3.8, 4) is 16.9 Å². The number of nitrogens with zero attached hydrogens (tertiary/aromatic N) is 3. The Morgan fingerprint density at radius 3 is 2.85 bits per heavy atom. The quantitative estimate of drug-likeness (QED) is 0.288. The predicted molar refractivity (Wildman–Crippen MR) is 134 cm³/mol. The van der Waals surface area contributed by atoms with Gasteiger partial charge in [-0.2, -0.15) is 0 Å². The summed E-state index contributed by atoms with van der Waals surface area (Å²) in [4.78, 5) is 12.2. The second-order valence-corrected chi connectivity index (χ2v) is 10.7. The van der Waals surface area contributed by atoms with Gasteiger partial charge in [0.25, 0.3) is 0 Å². The van der Waals surface area contributed by atoms with Crippen LogP contribution in [0.1, 0.15) is 13.3 Å². The van der Waals surface area contributed by atoms with E-state index < -0.39 is 9.84 Å². The Kier molecular flexibility index (Phi) is 6.02. The van der Waals surface area contributed by atoms with E-state index in [2.05, 4.69) is 15.0 Å². The topological polar surface area (TPSA) is 89.9 Å². The van der Waals surface area contributed by atoms with Crippen molar-refractivity contribution in [2.24, 2.45) is 0 Å². The van der Waals surface area contributed by atoms with Crippen molar-refractivity contribution in [2.75, 3.05) is 12.4 Å². The van der Waals surface area contributed by atoms with E-state index in [-0.39, 0.29) is 5.75 Å². The molecule has 0 spiro atoms. The molecule has 0 radical (unpaired) electrons. The van der Waals surface area contributed by atoms with Gasteiger partial charge in [-0.1, -0.05) is 30.7 Å². The Hall–Kier alpha value is -3.36. The highest BCUT2D eigenvalue weighted by atomic mass is 35.5. The summed E-state index contributed by atoms with van der Waals surface area (Å²) in [5.74, 6) is 0.750. The summed E-state index contributed by atoms with van der Waals surface area (Å²) in [5, 5.41) is 2.27. The van der Waals surface area contributed by atoms with E-state index in [9.17, 15) is 8.42 Å². The van der Waals surface area contributed by atoms with E-state index in [1.54, 1.807) is 43.8 Å². The zero-order valence-electron chi connectivity index (χ0n) is 18.5. The lowest BCUT2D eigenvalue weighted by atomic mass is 9.99. The summed E-state index contributed by atoms with van der Waals surface area (Å²) in [7, 11) is -3.33. The number of fused-ring (bicyclic) bond motifs is 3. The zero-order chi connectivity index (χ0) is 23.7. The molecule has 0 amide bonds. The van der Waals surface area contributed by atoms with Gasteiger partial charge in [-0.25, -0.2) is 18.4 Å². The van der Waals surface area contributed by atoms with Crippen LogP contribution in [0.15, 0.2) is 72.3 Å². The first-order valence-electron chi connectivity index (χ1n) is 11.0. The number of ether oxygens (including phenoxy) is 1. The SMILES string of the molecule is CCS(=O)(=O)c1cccc(-c2ccc(OCCCn3ccnc3)c3[nH]c4ncc(Cl)cc4c23)c1. The molecule has 2 aromatic carbocycles. The molecule has 34 heavy (non-hydrogen) atoms. The highest BCUT2D eigenvalue weighted by Crippen LogP contribution is 2.40. The van der Waals surface area contributed by atoms with Gasteiger partial charge in [0, 0.05) is 35.9 Å². The smallest absolute Gasteiger partial charge is 0.178 e. The van der Waals surface area contributed by atoms with Crippen LogP contribution in [0.3, 0.4) is 0 Å². The van der Waals surface area contributed by atoms with Crippen LogP contribution in [0.2, 0.25) is 5.02 Å². The van der Waals surface area contributed by atoms with Crippen LogP contribution in [0.4, 0.5) is 0 Å². The molecule has 0 atom stereocenters. The van der Waals surface area contributed by atoms with Crippen molar-refractivity contribution < 1.29 is 13.2 Å². The van der Waals surface area contributed by atoms with Crippen molar-refractivity contribution in [3.05, 3.63) is 72.4 Å². The third-order valence-corrected chi connectivity index (χ3v) is 7.73. The molecule has 0 aliphatic rings. The molecule has 0 saturated heterocycles. The molecule has 3 heterocycles. The minimum Gasteiger partial charge on any atom is -0.491 e. The molecule has 0 unspecified atom stereocenters. The highest BCUT2D eigenvalue weighted by molar-refractivity contribution is 7.91. The number of hydrogen-bond acceptors (Lipinski definition) is 5. The van der Waals surface area contributed by atoms with E-state index in [0.717, 1.165) is 40.4 Å². The first kappa shape index (κ1) is 22.4. The molecular weight excluding hydrogens is 472 g/mol. The Labute approximate surface area is 202 Å². The van der Waals surface area contributed by atoms with Crippen LogP contribution in [0.25, 0.3) is 33.1 Å². The molecule has 5 aromatic rings. The predicted octanol–water partition coefficient (Wildman–Crippen LogP) is 5.50. The molecule has 0 aliphatic carbocycles. The summed E-state index contributed by atoms with van der Waals surface area (Å²) in [5.41, 5.74) is 3.16. The molecule has 0 fully saturated rings. The van der Waals surface area contributed by atoms with Crippen molar-refractivity contribution in [2.45, 2.75) is 24.8 Å². The maximum Gasteiger partial charge on any atom is 0.178 e. The molecule has 174 valence electrons. The number of pyridine rings is 1. The Morgan fingerprint density at radius 1 is 1.18 bits per heavy atom. The number of hydrogen-bond donors (Lipinski definition) is 1. The summed E-state index contributed by atoms with van der Waals surface area (Å²) < 4.78 is 33.1. The summed E-state index contributed by atoms with van der Waals surface area (Å²) in [6.07, 6.45) is 7.88. The maximum atomic E-state index is 12.5. The van der Waals surface area contributed by atoms with Gasteiger partial charge < -0.3 is 14.3 Å². The molecule has 7 nitrogen and oxygen atoms in total. The summed E-state index contributed by atoms with van der Waals surface area (Å²) >= 11 is 6.27. The van der Waals surface area contributed by atoms with Gasteiger partial charge in [-0.05, 0) is 47.9 Å². The van der Waals surface area contributed by atoms with Crippen LogP contribution in [0.5, 0.6) is 5.75 Å². The monoisotopic (exact) mass is 494 g/mol. The first-order chi connectivity index (χ1) is 16.5. The summed E-state index contributed by atoms with van der Waals surface area (Å²) in [6, 6.07) is 12.8. The largest absolute Gasteiger partial charge is 0.491 e. The van der Waals surface area contributed by atoms with Gasteiger partial charge in [-0.3, -0.25) is 0 Å². The Balaban J connectivity index is 1.58. The van der Waals surface area contributed by atoms with Crippen LogP contribution in [-0.4, -0.2) is 40.3 Å². The van der Waals surface area contributed by atoms with E-state index in [0.29, 0.717) is 27.9 Å². The van der Waals surface area contributed by atoms with Crippen molar-refractivity contribution >= 4 is 43.4 Å². The van der Waals surface area contributed by atoms with Gasteiger partial charge in [0.05, 0.1) is 34.1 Å². The number of aromatic amines is 1. The number of H-pyrrole nitrogens is 1. The Bertz CT molecular complexity index is 1580. The third kappa shape index (κ3) is 4.26. The average Bonchev–Trinajstić information content (AvgIpc) is 3.50. The van der Waals surface area contributed by atoms with Crippen molar-refractivity contribution in [1.82, 2.24) is 19.5 Å². The Morgan fingerprint density at radius 2 is 2.06 bits per heavy atom. The van der Waals surface area contributed by atoms with E-state index in [1.165, 1.54) is 0 Å².